The molecule has 0 N–H and O–H groups in total. The van der Waals surface area contributed by atoms with Gasteiger partial charge in [0.05, 0.1) is 7.11 Å². The number of hydrogen-bond acceptors (Lipinski definition) is 1. The zero-order chi connectivity index (χ0) is 13.4. The summed E-state index contributed by atoms with van der Waals surface area (Å²) in [6, 6.07) is 15.2. The summed E-state index contributed by atoms with van der Waals surface area (Å²) in [7, 11) is 3.45. The predicted octanol–water partition coefficient (Wildman–Crippen LogP) is 3.99. The number of fused-ring (bicyclic) bond motifs is 1. The quantitative estimate of drug-likeness (QED) is 0.675. The van der Waals surface area contributed by atoms with E-state index in [-0.39, 0.29) is 11.6 Å². The predicted molar refractivity (Wildman–Crippen MR) is 74.9 cm³/mol. The van der Waals surface area contributed by atoms with Crippen molar-refractivity contribution < 1.29 is 9.13 Å². The summed E-state index contributed by atoms with van der Waals surface area (Å²) in [5.74, 6) is -0.0761. The van der Waals surface area contributed by atoms with Gasteiger partial charge in [-0.25, -0.2) is 4.39 Å². The van der Waals surface area contributed by atoms with Crippen molar-refractivity contribution in [1.29, 1.82) is 0 Å². The molecule has 1 aromatic heterocycles. The van der Waals surface area contributed by atoms with E-state index in [1.807, 2.05) is 25.2 Å². The summed E-state index contributed by atoms with van der Waals surface area (Å²) < 4.78 is 20.8. The summed E-state index contributed by atoms with van der Waals surface area (Å²) in [4.78, 5) is 0. The maximum absolute atomic E-state index is 13.8. The number of aryl methyl sites for hydroxylation is 1. The second kappa shape index (κ2) is 4.43. The Morgan fingerprint density at radius 3 is 2.53 bits per heavy atom. The molecule has 0 aliphatic heterocycles. The van der Waals surface area contributed by atoms with E-state index in [0.29, 0.717) is 0 Å². The minimum atomic E-state index is -0.342. The minimum absolute atomic E-state index is 0.266. The summed E-state index contributed by atoms with van der Waals surface area (Å²) in [6.45, 7) is 0. The third kappa shape index (κ3) is 1.87. The van der Waals surface area contributed by atoms with E-state index in [1.165, 1.54) is 13.2 Å². The molecule has 3 heteroatoms. The molecule has 3 rings (SSSR count). The standard InChI is InChI=1S/C16H14FNO/c1-18-14-6-4-3-5-11(14)10-15(18)12-7-8-16(19-2)13(17)9-12/h3-10H,1-2H3. The molecule has 0 saturated carbocycles. The number of aromatic nitrogens is 1. The van der Waals surface area contributed by atoms with E-state index in [2.05, 4.69) is 22.8 Å². The van der Waals surface area contributed by atoms with E-state index in [0.717, 1.165) is 22.2 Å². The fourth-order valence-corrected chi connectivity index (χ4v) is 2.39. The van der Waals surface area contributed by atoms with Crippen LogP contribution in [0, 0.1) is 5.82 Å². The Labute approximate surface area is 111 Å². The Hall–Kier alpha value is -2.29. The van der Waals surface area contributed by atoms with Crippen molar-refractivity contribution in [2.24, 2.45) is 7.05 Å². The Kier molecular flexibility index (Phi) is 2.75. The fraction of sp³-hybridized carbons (Fsp3) is 0.125. The molecule has 0 atom stereocenters. The van der Waals surface area contributed by atoms with Crippen molar-refractivity contribution in [3.05, 3.63) is 54.3 Å². The highest BCUT2D eigenvalue weighted by molar-refractivity contribution is 5.86. The van der Waals surface area contributed by atoms with Crippen LogP contribution in [0.2, 0.25) is 0 Å². The summed E-state index contributed by atoms with van der Waals surface area (Å²) >= 11 is 0. The van der Waals surface area contributed by atoms with Crippen molar-refractivity contribution in [2.45, 2.75) is 0 Å². The van der Waals surface area contributed by atoms with Gasteiger partial charge in [0, 0.05) is 29.2 Å². The normalized spacial score (nSPS) is 10.9. The maximum Gasteiger partial charge on any atom is 0.165 e. The second-order valence-electron chi connectivity index (χ2n) is 4.50. The van der Waals surface area contributed by atoms with Gasteiger partial charge in [-0.3, -0.25) is 0 Å². The Balaban J connectivity index is 2.19. The number of ether oxygens (including phenoxy) is 1. The lowest BCUT2D eigenvalue weighted by Gasteiger charge is -2.07. The van der Waals surface area contributed by atoms with Crippen LogP contribution in [0.4, 0.5) is 4.39 Å². The van der Waals surface area contributed by atoms with Crippen LogP contribution in [-0.4, -0.2) is 11.7 Å². The van der Waals surface area contributed by atoms with Gasteiger partial charge in [0.2, 0.25) is 0 Å². The second-order valence-corrected chi connectivity index (χ2v) is 4.50. The smallest absolute Gasteiger partial charge is 0.165 e. The highest BCUT2D eigenvalue weighted by Crippen LogP contribution is 2.29. The molecule has 0 aliphatic carbocycles. The van der Waals surface area contributed by atoms with Gasteiger partial charge < -0.3 is 9.30 Å². The summed E-state index contributed by atoms with van der Waals surface area (Å²) in [5, 5.41) is 1.15. The van der Waals surface area contributed by atoms with Gasteiger partial charge in [0.1, 0.15) is 0 Å². The van der Waals surface area contributed by atoms with Crippen LogP contribution in [0.3, 0.4) is 0 Å². The number of rotatable bonds is 2. The van der Waals surface area contributed by atoms with E-state index in [1.54, 1.807) is 6.07 Å². The van der Waals surface area contributed by atoms with E-state index in [4.69, 9.17) is 4.74 Å². The topological polar surface area (TPSA) is 14.2 Å². The van der Waals surface area contributed by atoms with E-state index < -0.39 is 0 Å². The first kappa shape index (κ1) is 11.8. The third-order valence-electron chi connectivity index (χ3n) is 3.40. The van der Waals surface area contributed by atoms with Gasteiger partial charge in [0.15, 0.2) is 11.6 Å². The van der Waals surface area contributed by atoms with E-state index >= 15 is 0 Å². The number of hydrogen-bond donors (Lipinski definition) is 0. The van der Waals surface area contributed by atoms with Gasteiger partial charge in [-0.05, 0) is 30.3 Å². The largest absolute Gasteiger partial charge is 0.494 e. The molecule has 0 aliphatic rings. The zero-order valence-corrected chi connectivity index (χ0v) is 10.9. The molecule has 2 aromatic carbocycles. The lowest BCUT2D eigenvalue weighted by atomic mass is 10.1. The molecule has 0 bridgehead atoms. The number of nitrogens with zero attached hydrogens (tertiary/aromatic N) is 1. The Bertz CT molecular complexity index is 746. The van der Waals surface area contributed by atoms with Crippen molar-refractivity contribution in [1.82, 2.24) is 4.57 Å². The van der Waals surface area contributed by atoms with Crippen molar-refractivity contribution in [2.75, 3.05) is 7.11 Å². The summed E-state index contributed by atoms with van der Waals surface area (Å²) in [5.41, 5.74) is 2.97. The van der Waals surface area contributed by atoms with E-state index in [9.17, 15) is 4.39 Å². The van der Waals surface area contributed by atoms with Crippen LogP contribution < -0.4 is 4.74 Å². The van der Waals surface area contributed by atoms with Crippen LogP contribution in [0.1, 0.15) is 0 Å². The van der Waals surface area contributed by atoms with Crippen molar-refractivity contribution >= 4 is 10.9 Å². The minimum Gasteiger partial charge on any atom is -0.494 e. The molecule has 3 aromatic rings. The number of benzene rings is 2. The van der Waals surface area contributed by atoms with Gasteiger partial charge in [-0.15, -0.1) is 0 Å². The Morgan fingerprint density at radius 2 is 1.84 bits per heavy atom. The highest BCUT2D eigenvalue weighted by atomic mass is 19.1. The molecule has 0 unspecified atom stereocenters. The van der Waals surface area contributed by atoms with Gasteiger partial charge in [-0.2, -0.15) is 0 Å². The summed E-state index contributed by atoms with van der Waals surface area (Å²) in [6.07, 6.45) is 0. The highest BCUT2D eigenvalue weighted by Gasteiger charge is 2.10. The van der Waals surface area contributed by atoms with Gasteiger partial charge in [0.25, 0.3) is 0 Å². The van der Waals surface area contributed by atoms with Crippen LogP contribution >= 0.6 is 0 Å². The first-order valence-electron chi connectivity index (χ1n) is 6.09. The SMILES string of the molecule is COc1ccc(-c2cc3ccccc3n2C)cc1F. The molecule has 0 fully saturated rings. The number of methoxy groups -OCH3 is 1. The molecular weight excluding hydrogens is 241 g/mol. The molecule has 0 saturated heterocycles. The molecule has 2 nitrogen and oxygen atoms in total. The molecule has 0 radical (unpaired) electrons. The zero-order valence-electron chi connectivity index (χ0n) is 10.9. The van der Waals surface area contributed by atoms with Crippen LogP contribution in [0.25, 0.3) is 22.2 Å². The molecule has 96 valence electrons. The first-order valence-corrected chi connectivity index (χ1v) is 6.09. The molecular formula is C16H14FNO. The molecule has 0 spiro atoms. The average Bonchev–Trinajstić information content (AvgIpc) is 2.77. The third-order valence-corrected chi connectivity index (χ3v) is 3.40. The number of halogens is 1. The monoisotopic (exact) mass is 255 g/mol. The van der Waals surface area contributed by atoms with Crippen molar-refractivity contribution in [3.8, 4) is 17.0 Å². The van der Waals surface area contributed by atoms with Crippen LogP contribution in [0.15, 0.2) is 48.5 Å². The fourth-order valence-electron chi connectivity index (χ4n) is 2.39. The lowest BCUT2D eigenvalue weighted by molar-refractivity contribution is 0.386. The van der Waals surface area contributed by atoms with Gasteiger partial charge >= 0.3 is 0 Å². The Morgan fingerprint density at radius 1 is 1.05 bits per heavy atom. The average molecular weight is 255 g/mol. The van der Waals surface area contributed by atoms with Crippen LogP contribution in [0.5, 0.6) is 5.75 Å². The first-order chi connectivity index (χ1) is 9.20. The van der Waals surface area contributed by atoms with Crippen molar-refractivity contribution in [3.63, 3.8) is 0 Å². The number of para-hydroxylation sites is 1. The van der Waals surface area contributed by atoms with Crippen LogP contribution in [-0.2, 0) is 7.05 Å². The molecule has 0 amide bonds. The van der Waals surface area contributed by atoms with Gasteiger partial charge in [-0.1, -0.05) is 18.2 Å². The molecule has 19 heavy (non-hydrogen) atoms. The lowest BCUT2D eigenvalue weighted by Crippen LogP contribution is -1.93. The maximum atomic E-state index is 13.8. The molecule has 1 heterocycles.